The molecule has 0 fully saturated rings. The van der Waals surface area contributed by atoms with E-state index in [9.17, 15) is 4.79 Å². The maximum Gasteiger partial charge on any atom is 0.227 e. The molecule has 1 aromatic carbocycles. The van der Waals surface area contributed by atoms with Crippen molar-refractivity contribution in [2.75, 3.05) is 0 Å². The standard InChI is InChI=1S/C20H24N4O/c1-13(2)24-18(23-17-11-8-12-21-19(17)24)15(4)22-20(25)14(3)16-9-6-5-7-10-16/h5-15H,1-4H3,(H,22,25)/t14-,15-/m0/s1. The van der Waals surface area contributed by atoms with Gasteiger partial charge in [0.1, 0.15) is 11.3 Å². The van der Waals surface area contributed by atoms with Gasteiger partial charge >= 0.3 is 0 Å². The highest BCUT2D eigenvalue weighted by molar-refractivity contribution is 5.83. The Balaban J connectivity index is 1.86. The van der Waals surface area contributed by atoms with Crippen molar-refractivity contribution < 1.29 is 4.79 Å². The summed E-state index contributed by atoms with van der Waals surface area (Å²) in [7, 11) is 0. The molecule has 1 amide bonds. The summed E-state index contributed by atoms with van der Waals surface area (Å²) in [6, 6.07) is 13.6. The molecule has 0 aliphatic heterocycles. The molecular formula is C20H24N4O. The Kier molecular flexibility index (Phi) is 4.83. The molecule has 2 aromatic heterocycles. The molecular weight excluding hydrogens is 312 g/mol. The first kappa shape index (κ1) is 17.1. The smallest absolute Gasteiger partial charge is 0.227 e. The van der Waals surface area contributed by atoms with Crippen LogP contribution in [0.4, 0.5) is 0 Å². The Morgan fingerprint density at radius 2 is 1.76 bits per heavy atom. The van der Waals surface area contributed by atoms with Crippen LogP contribution in [0.2, 0.25) is 0 Å². The molecule has 0 aliphatic carbocycles. The van der Waals surface area contributed by atoms with Gasteiger partial charge in [0.05, 0.1) is 12.0 Å². The molecule has 130 valence electrons. The first-order valence-electron chi connectivity index (χ1n) is 8.67. The van der Waals surface area contributed by atoms with Crippen LogP contribution in [0.25, 0.3) is 11.2 Å². The number of amides is 1. The van der Waals surface area contributed by atoms with Crippen molar-refractivity contribution in [2.24, 2.45) is 0 Å². The van der Waals surface area contributed by atoms with Crippen LogP contribution in [0.3, 0.4) is 0 Å². The number of carbonyl (C=O) groups is 1. The molecule has 0 saturated heterocycles. The fraction of sp³-hybridized carbons (Fsp3) is 0.350. The van der Waals surface area contributed by atoms with Gasteiger partial charge in [0.15, 0.2) is 5.65 Å². The van der Waals surface area contributed by atoms with Gasteiger partial charge in [-0.25, -0.2) is 9.97 Å². The highest BCUT2D eigenvalue weighted by Crippen LogP contribution is 2.24. The van der Waals surface area contributed by atoms with E-state index >= 15 is 0 Å². The van der Waals surface area contributed by atoms with Crippen molar-refractivity contribution in [3.8, 4) is 0 Å². The molecule has 5 heteroatoms. The Morgan fingerprint density at radius 3 is 2.44 bits per heavy atom. The lowest BCUT2D eigenvalue weighted by atomic mass is 10.0. The maximum absolute atomic E-state index is 12.7. The summed E-state index contributed by atoms with van der Waals surface area (Å²) in [6.07, 6.45) is 1.77. The van der Waals surface area contributed by atoms with Crippen LogP contribution in [0.5, 0.6) is 0 Å². The molecule has 3 aromatic rings. The molecule has 25 heavy (non-hydrogen) atoms. The molecule has 1 N–H and O–H groups in total. The Bertz CT molecular complexity index is 870. The van der Waals surface area contributed by atoms with E-state index in [1.807, 2.05) is 56.3 Å². The van der Waals surface area contributed by atoms with E-state index in [0.29, 0.717) is 0 Å². The lowest BCUT2D eigenvalue weighted by Gasteiger charge is -2.20. The van der Waals surface area contributed by atoms with E-state index in [1.54, 1.807) is 6.20 Å². The van der Waals surface area contributed by atoms with Crippen molar-refractivity contribution in [1.82, 2.24) is 19.9 Å². The van der Waals surface area contributed by atoms with E-state index in [1.165, 1.54) is 0 Å². The average molecular weight is 336 g/mol. The van der Waals surface area contributed by atoms with E-state index < -0.39 is 0 Å². The quantitative estimate of drug-likeness (QED) is 0.766. The van der Waals surface area contributed by atoms with Gasteiger partial charge in [-0.3, -0.25) is 4.79 Å². The zero-order valence-electron chi connectivity index (χ0n) is 15.1. The van der Waals surface area contributed by atoms with E-state index in [2.05, 4.69) is 28.7 Å². The highest BCUT2D eigenvalue weighted by atomic mass is 16.1. The van der Waals surface area contributed by atoms with Gasteiger partial charge in [0.25, 0.3) is 0 Å². The zero-order chi connectivity index (χ0) is 18.0. The second-order valence-corrected chi connectivity index (χ2v) is 6.64. The number of nitrogens with zero attached hydrogens (tertiary/aromatic N) is 3. The number of rotatable bonds is 5. The summed E-state index contributed by atoms with van der Waals surface area (Å²) in [5.74, 6) is 0.616. The van der Waals surface area contributed by atoms with Gasteiger partial charge in [-0.05, 0) is 45.4 Å². The van der Waals surface area contributed by atoms with Gasteiger partial charge in [-0.15, -0.1) is 0 Å². The number of pyridine rings is 1. The van der Waals surface area contributed by atoms with E-state index in [4.69, 9.17) is 4.98 Å². The molecule has 3 rings (SSSR count). The van der Waals surface area contributed by atoms with Crippen LogP contribution >= 0.6 is 0 Å². The Labute approximate surface area is 148 Å². The minimum absolute atomic E-state index is 0.00554. The number of benzene rings is 1. The summed E-state index contributed by atoms with van der Waals surface area (Å²) in [5.41, 5.74) is 2.71. The van der Waals surface area contributed by atoms with Crippen molar-refractivity contribution in [3.63, 3.8) is 0 Å². The van der Waals surface area contributed by atoms with Gasteiger partial charge in [-0.1, -0.05) is 30.3 Å². The topological polar surface area (TPSA) is 59.8 Å². The molecule has 2 heterocycles. The number of aromatic nitrogens is 3. The highest BCUT2D eigenvalue weighted by Gasteiger charge is 2.23. The first-order chi connectivity index (χ1) is 12.0. The largest absolute Gasteiger partial charge is 0.346 e. The first-order valence-corrected chi connectivity index (χ1v) is 8.67. The molecule has 0 unspecified atom stereocenters. The van der Waals surface area contributed by atoms with Crippen LogP contribution in [-0.2, 0) is 4.79 Å². The third kappa shape index (κ3) is 3.40. The predicted molar refractivity (Wildman–Crippen MR) is 99.3 cm³/mol. The van der Waals surface area contributed by atoms with Crippen LogP contribution in [0.1, 0.15) is 57.1 Å². The molecule has 2 atom stereocenters. The second-order valence-electron chi connectivity index (χ2n) is 6.64. The van der Waals surface area contributed by atoms with Crippen molar-refractivity contribution in [3.05, 3.63) is 60.0 Å². The number of fused-ring (bicyclic) bond motifs is 1. The Morgan fingerprint density at radius 1 is 1.04 bits per heavy atom. The minimum atomic E-state index is -0.210. The number of nitrogens with one attached hydrogen (secondary N) is 1. The molecule has 0 saturated carbocycles. The van der Waals surface area contributed by atoms with Gasteiger partial charge in [-0.2, -0.15) is 0 Å². The molecule has 5 nitrogen and oxygen atoms in total. The number of hydrogen-bond acceptors (Lipinski definition) is 3. The van der Waals surface area contributed by atoms with Crippen molar-refractivity contribution in [2.45, 2.75) is 45.7 Å². The number of carbonyl (C=O) groups excluding carboxylic acids is 1. The lowest BCUT2D eigenvalue weighted by Crippen LogP contribution is -2.32. The van der Waals surface area contributed by atoms with E-state index in [-0.39, 0.29) is 23.9 Å². The third-order valence-corrected chi connectivity index (χ3v) is 4.43. The normalized spacial score (nSPS) is 13.8. The minimum Gasteiger partial charge on any atom is -0.346 e. The van der Waals surface area contributed by atoms with Crippen LogP contribution in [0, 0.1) is 0 Å². The summed E-state index contributed by atoms with van der Waals surface area (Å²) in [6.45, 7) is 8.08. The zero-order valence-corrected chi connectivity index (χ0v) is 15.1. The predicted octanol–water partition coefficient (Wildman–Crippen LogP) is 3.99. The van der Waals surface area contributed by atoms with Gasteiger partial charge in [0.2, 0.25) is 5.91 Å². The van der Waals surface area contributed by atoms with Crippen molar-refractivity contribution in [1.29, 1.82) is 0 Å². The van der Waals surface area contributed by atoms with Gasteiger partial charge < -0.3 is 9.88 Å². The molecule has 0 aliphatic rings. The Hall–Kier alpha value is -2.69. The summed E-state index contributed by atoms with van der Waals surface area (Å²) in [5, 5.41) is 3.10. The van der Waals surface area contributed by atoms with Crippen LogP contribution in [0.15, 0.2) is 48.7 Å². The lowest BCUT2D eigenvalue weighted by molar-refractivity contribution is -0.122. The number of imidazole rings is 1. The van der Waals surface area contributed by atoms with Crippen molar-refractivity contribution >= 4 is 17.1 Å². The molecule has 0 radical (unpaired) electrons. The second kappa shape index (κ2) is 7.05. The fourth-order valence-electron chi connectivity index (χ4n) is 3.06. The van der Waals surface area contributed by atoms with Gasteiger partial charge in [0, 0.05) is 12.2 Å². The third-order valence-electron chi connectivity index (χ3n) is 4.43. The van der Waals surface area contributed by atoms with Crippen LogP contribution < -0.4 is 5.32 Å². The summed E-state index contributed by atoms with van der Waals surface area (Å²) >= 11 is 0. The summed E-state index contributed by atoms with van der Waals surface area (Å²) < 4.78 is 2.09. The summed E-state index contributed by atoms with van der Waals surface area (Å²) in [4.78, 5) is 21.8. The van der Waals surface area contributed by atoms with Crippen LogP contribution in [-0.4, -0.2) is 20.4 Å². The maximum atomic E-state index is 12.7. The van der Waals surface area contributed by atoms with E-state index in [0.717, 1.165) is 22.6 Å². The fourth-order valence-corrected chi connectivity index (χ4v) is 3.06. The monoisotopic (exact) mass is 336 g/mol. The molecule has 0 bridgehead atoms. The molecule has 0 spiro atoms. The number of hydrogen-bond donors (Lipinski definition) is 1. The average Bonchev–Trinajstić information content (AvgIpc) is 3.01. The SMILES string of the molecule is CC(C)n1c([C@H](C)NC(=O)[C@@H](C)c2ccccc2)nc2cccnc21.